The molecule has 0 aliphatic heterocycles. The minimum atomic E-state index is -1.21. The van der Waals surface area contributed by atoms with E-state index in [1.165, 1.54) is 23.0 Å². The van der Waals surface area contributed by atoms with Crippen LogP contribution in [0.5, 0.6) is 5.75 Å². The monoisotopic (exact) mass is 454 g/mol. The van der Waals surface area contributed by atoms with Crippen LogP contribution < -0.4 is 10.6 Å². The van der Waals surface area contributed by atoms with Gasteiger partial charge in [0.15, 0.2) is 0 Å². The molecular formula is C21H19FN6O5. The number of carboxylic acid groups (broad SMARTS) is 1. The number of aliphatic carboxylic acids is 1. The Morgan fingerprint density at radius 2 is 1.79 bits per heavy atom. The zero-order valence-electron chi connectivity index (χ0n) is 17.4. The highest BCUT2D eigenvalue weighted by molar-refractivity contribution is 6.00. The fourth-order valence-electron chi connectivity index (χ4n) is 3.52. The largest absolute Gasteiger partial charge is 0.506 e. The molecule has 0 saturated carbocycles. The van der Waals surface area contributed by atoms with Crippen LogP contribution in [0, 0.1) is 5.82 Å². The third-order valence-electron chi connectivity index (χ3n) is 5.08. The van der Waals surface area contributed by atoms with Gasteiger partial charge in [0, 0.05) is 23.4 Å². The highest BCUT2D eigenvalue weighted by Crippen LogP contribution is 2.36. The van der Waals surface area contributed by atoms with Gasteiger partial charge in [-0.1, -0.05) is 0 Å². The Hall–Kier alpha value is -4.48. The molecule has 0 bridgehead atoms. The van der Waals surface area contributed by atoms with Gasteiger partial charge in [0.25, 0.3) is 0 Å². The molecule has 0 aliphatic rings. The molecule has 2 aromatic heterocycles. The van der Waals surface area contributed by atoms with Crippen LogP contribution in [0.1, 0.15) is 0 Å². The summed E-state index contributed by atoms with van der Waals surface area (Å²) < 4.78 is 17.7. The number of benzene rings is 2. The molecule has 170 valence electrons. The molecular weight excluding hydrogens is 435 g/mol. The van der Waals surface area contributed by atoms with Gasteiger partial charge in [0.05, 0.1) is 24.5 Å². The number of rotatable bonds is 7. The maximum absolute atomic E-state index is 14.9. The number of nitrogens with zero attached hydrogens (tertiary/aromatic N) is 4. The summed E-state index contributed by atoms with van der Waals surface area (Å²) >= 11 is 0. The van der Waals surface area contributed by atoms with E-state index in [1.54, 1.807) is 30.1 Å². The Labute approximate surface area is 185 Å². The minimum absolute atomic E-state index is 0.153. The molecule has 2 heterocycles. The third kappa shape index (κ3) is 4.31. The summed E-state index contributed by atoms with van der Waals surface area (Å²) in [5.74, 6) is -3.08. The van der Waals surface area contributed by atoms with Crippen molar-refractivity contribution >= 4 is 39.6 Å². The van der Waals surface area contributed by atoms with Crippen molar-refractivity contribution in [2.24, 2.45) is 7.05 Å². The first-order valence-corrected chi connectivity index (χ1v) is 9.79. The summed E-state index contributed by atoms with van der Waals surface area (Å²) in [5, 5.41) is 32.8. The second kappa shape index (κ2) is 8.57. The standard InChI is InChI=1S/C21H19FN6O5/c1-27-16-5-13(15(22)4-11(16)6-25-27)12-2-3-17(29)21-14(12)7-26-28(21)10-19(31)23-8-18(30)24-9-20(32)33/h2-7,29H,8-10H2,1H3,(H,23,31)(H,24,30)(H,32,33). The molecule has 0 spiro atoms. The quantitative estimate of drug-likeness (QED) is 0.322. The Morgan fingerprint density at radius 3 is 2.55 bits per heavy atom. The van der Waals surface area contributed by atoms with Gasteiger partial charge in [-0.2, -0.15) is 10.2 Å². The Kier molecular flexibility index (Phi) is 5.65. The lowest BCUT2D eigenvalue weighted by Crippen LogP contribution is -2.40. The summed E-state index contributed by atoms with van der Waals surface area (Å²) in [5.41, 5.74) is 1.71. The van der Waals surface area contributed by atoms with Crippen molar-refractivity contribution in [2.75, 3.05) is 13.1 Å². The number of aryl methyl sites for hydroxylation is 1. The number of phenolic OH excluding ortho intramolecular Hbond substituents is 1. The van der Waals surface area contributed by atoms with E-state index in [0.29, 0.717) is 16.3 Å². The molecule has 4 rings (SSSR count). The topological polar surface area (TPSA) is 151 Å². The number of halogens is 1. The van der Waals surface area contributed by atoms with Crippen molar-refractivity contribution in [2.45, 2.75) is 6.54 Å². The van der Waals surface area contributed by atoms with Crippen molar-refractivity contribution in [3.8, 4) is 16.9 Å². The zero-order chi connectivity index (χ0) is 23.7. The first-order valence-electron chi connectivity index (χ1n) is 9.79. The number of carbonyl (C=O) groups excluding carboxylic acids is 2. The summed E-state index contributed by atoms with van der Waals surface area (Å²) in [4.78, 5) is 34.3. The molecule has 0 atom stereocenters. The minimum Gasteiger partial charge on any atom is -0.506 e. The summed E-state index contributed by atoms with van der Waals surface area (Å²) in [6.45, 7) is -1.30. The lowest BCUT2D eigenvalue weighted by molar-refractivity contribution is -0.137. The summed E-state index contributed by atoms with van der Waals surface area (Å²) in [6, 6.07) is 5.99. The van der Waals surface area contributed by atoms with Gasteiger partial charge < -0.3 is 20.8 Å². The van der Waals surface area contributed by atoms with Gasteiger partial charge in [-0.25, -0.2) is 4.39 Å². The summed E-state index contributed by atoms with van der Waals surface area (Å²) in [6.07, 6.45) is 2.98. The van der Waals surface area contributed by atoms with Gasteiger partial charge in [-0.15, -0.1) is 0 Å². The lowest BCUT2D eigenvalue weighted by atomic mass is 10.00. The molecule has 0 unspecified atom stereocenters. The maximum Gasteiger partial charge on any atom is 0.322 e. The molecule has 12 heteroatoms. The van der Waals surface area contributed by atoms with E-state index in [1.807, 2.05) is 0 Å². The van der Waals surface area contributed by atoms with Gasteiger partial charge in [-0.05, 0) is 29.8 Å². The molecule has 4 aromatic rings. The van der Waals surface area contributed by atoms with Crippen LogP contribution in [-0.4, -0.2) is 60.6 Å². The van der Waals surface area contributed by atoms with Crippen LogP contribution in [-0.2, 0) is 28.0 Å². The smallest absolute Gasteiger partial charge is 0.322 e. The van der Waals surface area contributed by atoms with Crippen LogP contribution in [0.15, 0.2) is 36.7 Å². The van der Waals surface area contributed by atoms with Crippen LogP contribution in [0.3, 0.4) is 0 Å². The number of hydrogen-bond acceptors (Lipinski definition) is 6. The number of carbonyl (C=O) groups is 3. The molecule has 11 nitrogen and oxygen atoms in total. The molecule has 2 aromatic carbocycles. The molecule has 4 N–H and O–H groups in total. The predicted octanol–water partition coefficient (Wildman–Crippen LogP) is 0.752. The van der Waals surface area contributed by atoms with Gasteiger partial charge in [0.1, 0.15) is 30.2 Å². The number of carboxylic acids is 1. The number of aromatic hydroxyl groups is 1. The highest BCUT2D eigenvalue weighted by atomic mass is 19.1. The number of nitrogens with one attached hydrogen (secondary N) is 2. The molecule has 0 fully saturated rings. The number of amides is 2. The van der Waals surface area contributed by atoms with Crippen molar-refractivity contribution in [1.29, 1.82) is 0 Å². The first kappa shape index (κ1) is 21.7. The van der Waals surface area contributed by atoms with Crippen molar-refractivity contribution in [1.82, 2.24) is 30.2 Å². The van der Waals surface area contributed by atoms with Crippen molar-refractivity contribution in [3.63, 3.8) is 0 Å². The van der Waals surface area contributed by atoms with Crippen LogP contribution >= 0.6 is 0 Å². The average Bonchev–Trinajstić information content (AvgIpc) is 3.35. The number of hydrogen-bond donors (Lipinski definition) is 4. The van der Waals surface area contributed by atoms with E-state index in [0.717, 1.165) is 5.52 Å². The Morgan fingerprint density at radius 1 is 1.03 bits per heavy atom. The van der Waals surface area contributed by atoms with Gasteiger partial charge in [0.2, 0.25) is 11.8 Å². The maximum atomic E-state index is 14.9. The lowest BCUT2D eigenvalue weighted by Gasteiger charge is -2.10. The second-order valence-electron chi connectivity index (χ2n) is 7.30. The van der Waals surface area contributed by atoms with Gasteiger partial charge >= 0.3 is 5.97 Å². The van der Waals surface area contributed by atoms with Crippen molar-refractivity contribution < 1.29 is 29.0 Å². The Bertz CT molecular complexity index is 1410. The van der Waals surface area contributed by atoms with Gasteiger partial charge in [-0.3, -0.25) is 23.7 Å². The highest BCUT2D eigenvalue weighted by Gasteiger charge is 2.18. The van der Waals surface area contributed by atoms with E-state index in [4.69, 9.17) is 5.11 Å². The number of fused-ring (bicyclic) bond motifs is 2. The second-order valence-corrected chi connectivity index (χ2v) is 7.30. The summed E-state index contributed by atoms with van der Waals surface area (Å²) in [7, 11) is 1.75. The molecule has 0 aliphatic carbocycles. The number of phenols is 1. The number of aromatic nitrogens is 4. The van der Waals surface area contributed by atoms with E-state index in [-0.39, 0.29) is 23.4 Å². The molecule has 33 heavy (non-hydrogen) atoms. The first-order chi connectivity index (χ1) is 15.7. The van der Waals surface area contributed by atoms with Crippen LogP contribution in [0.25, 0.3) is 32.9 Å². The van der Waals surface area contributed by atoms with Crippen LogP contribution in [0.4, 0.5) is 4.39 Å². The zero-order valence-corrected chi connectivity index (χ0v) is 17.4. The molecule has 2 amide bonds. The van der Waals surface area contributed by atoms with E-state index in [2.05, 4.69) is 20.8 Å². The van der Waals surface area contributed by atoms with E-state index < -0.39 is 36.7 Å². The molecule has 0 saturated heterocycles. The third-order valence-corrected chi connectivity index (χ3v) is 5.08. The fourth-order valence-corrected chi connectivity index (χ4v) is 3.52. The SMILES string of the molecule is Cn1ncc2cc(F)c(-c3ccc(O)c4c3cnn4CC(=O)NCC(=O)NCC(=O)O)cc21. The predicted molar refractivity (Wildman–Crippen MR) is 115 cm³/mol. The molecule has 0 radical (unpaired) electrons. The Balaban J connectivity index is 1.60. The average molecular weight is 454 g/mol. The van der Waals surface area contributed by atoms with E-state index >= 15 is 0 Å². The fraction of sp³-hybridized carbons (Fsp3) is 0.190. The van der Waals surface area contributed by atoms with E-state index in [9.17, 15) is 23.9 Å². The van der Waals surface area contributed by atoms with Crippen LogP contribution in [0.2, 0.25) is 0 Å². The van der Waals surface area contributed by atoms with Crippen molar-refractivity contribution in [3.05, 3.63) is 42.5 Å². The normalized spacial score (nSPS) is 11.1.